The molecule has 0 bridgehead atoms. The van der Waals surface area contributed by atoms with Crippen molar-refractivity contribution in [2.75, 3.05) is 19.8 Å². The van der Waals surface area contributed by atoms with Gasteiger partial charge in [-0.15, -0.1) is 0 Å². The summed E-state index contributed by atoms with van der Waals surface area (Å²) in [7, 11) is 0. The molecule has 1 aliphatic rings. The Balaban J connectivity index is 2.81. The number of ether oxygens (including phenoxy) is 2. The Morgan fingerprint density at radius 3 is 2.55 bits per heavy atom. The maximum atomic E-state index is 12.1. The van der Waals surface area contributed by atoms with E-state index in [2.05, 4.69) is 0 Å². The van der Waals surface area contributed by atoms with Gasteiger partial charge in [-0.25, -0.2) is 4.79 Å². The fourth-order valence-corrected chi connectivity index (χ4v) is 1.84. The third-order valence-corrected chi connectivity index (χ3v) is 2.84. The number of amides is 1. The molecule has 4 N–H and O–H groups in total. The molecule has 0 saturated carbocycles. The van der Waals surface area contributed by atoms with Crippen LogP contribution in [-0.2, 0) is 14.3 Å². The lowest BCUT2D eigenvalue weighted by atomic mass is 10.0. The van der Waals surface area contributed by atoms with E-state index >= 15 is 0 Å². The number of aliphatic carboxylic acids is 1. The van der Waals surface area contributed by atoms with Gasteiger partial charge in [-0.2, -0.15) is 0 Å². The van der Waals surface area contributed by atoms with Crippen LogP contribution in [0.3, 0.4) is 0 Å². The third kappa shape index (κ3) is 4.32. The molecule has 1 fully saturated rings. The maximum absolute atomic E-state index is 12.1. The van der Waals surface area contributed by atoms with E-state index in [-0.39, 0.29) is 13.2 Å². The summed E-state index contributed by atoms with van der Waals surface area (Å²) < 4.78 is 10.4. The van der Waals surface area contributed by atoms with Crippen LogP contribution < -0.4 is 5.73 Å². The molecule has 3 unspecified atom stereocenters. The highest BCUT2D eigenvalue weighted by atomic mass is 16.6. The zero-order valence-corrected chi connectivity index (χ0v) is 11.9. The highest BCUT2D eigenvalue weighted by molar-refractivity contribution is 5.74. The van der Waals surface area contributed by atoms with Gasteiger partial charge >= 0.3 is 12.1 Å². The minimum absolute atomic E-state index is 0.0153. The number of rotatable bonds is 3. The molecular weight excluding hydrogens is 268 g/mol. The van der Waals surface area contributed by atoms with Crippen LogP contribution in [0.4, 0.5) is 4.79 Å². The third-order valence-electron chi connectivity index (χ3n) is 2.84. The van der Waals surface area contributed by atoms with Crippen molar-refractivity contribution < 1.29 is 29.3 Å². The van der Waals surface area contributed by atoms with Crippen molar-refractivity contribution in [3.8, 4) is 0 Å². The quantitative estimate of drug-likeness (QED) is 0.634. The van der Waals surface area contributed by atoms with Crippen LogP contribution in [-0.4, -0.2) is 70.7 Å². The number of carbonyl (C=O) groups is 2. The number of hydrogen-bond donors (Lipinski definition) is 3. The number of nitrogens with zero attached hydrogens (tertiary/aromatic N) is 1. The first-order chi connectivity index (χ1) is 9.13. The standard InChI is InChI=1S/C12H22N2O6/c1-12(2,3)20-11(18)14-4-5-19-6-7(14)9(15)8(13)10(16)17/h7-9,15H,4-6,13H2,1-3H3,(H,16,17). The number of aliphatic hydroxyl groups is 1. The second kappa shape index (κ2) is 6.38. The van der Waals surface area contributed by atoms with E-state index in [0.717, 1.165) is 0 Å². The molecule has 8 nitrogen and oxygen atoms in total. The first kappa shape index (κ1) is 16.7. The molecule has 0 aromatic heterocycles. The average Bonchev–Trinajstić information content (AvgIpc) is 2.34. The van der Waals surface area contributed by atoms with Gasteiger partial charge in [0.2, 0.25) is 0 Å². The number of carbonyl (C=O) groups excluding carboxylic acids is 1. The Morgan fingerprint density at radius 1 is 1.45 bits per heavy atom. The second-order valence-corrected chi connectivity index (χ2v) is 5.67. The summed E-state index contributed by atoms with van der Waals surface area (Å²) in [5.74, 6) is -1.34. The Kier molecular flexibility index (Phi) is 5.32. The van der Waals surface area contributed by atoms with E-state index in [1.54, 1.807) is 20.8 Å². The topological polar surface area (TPSA) is 122 Å². The van der Waals surface area contributed by atoms with Crippen LogP contribution in [0.2, 0.25) is 0 Å². The summed E-state index contributed by atoms with van der Waals surface area (Å²) >= 11 is 0. The second-order valence-electron chi connectivity index (χ2n) is 5.67. The number of aliphatic hydroxyl groups excluding tert-OH is 1. The van der Waals surface area contributed by atoms with Crippen LogP contribution >= 0.6 is 0 Å². The van der Waals surface area contributed by atoms with Gasteiger partial charge in [-0.3, -0.25) is 9.69 Å². The predicted molar refractivity (Wildman–Crippen MR) is 69.2 cm³/mol. The zero-order valence-electron chi connectivity index (χ0n) is 11.9. The van der Waals surface area contributed by atoms with Gasteiger partial charge in [0.15, 0.2) is 0 Å². The van der Waals surface area contributed by atoms with Crippen LogP contribution in [0.1, 0.15) is 20.8 Å². The van der Waals surface area contributed by atoms with Gasteiger partial charge in [0.25, 0.3) is 0 Å². The summed E-state index contributed by atoms with van der Waals surface area (Å²) in [6.07, 6.45) is -2.05. The van der Waals surface area contributed by atoms with Crippen LogP contribution in [0.15, 0.2) is 0 Å². The number of morpholine rings is 1. The molecule has 8 heteroatoms. The van der Waals surface area contributed by atoms with Gasteiger partial charge in [0, 0.05) is 6.54 Å². The highest BCUT2D eigenvalue weighted by Gasteiger charge is 2.39. The molecule has 0 aliphatic carbocycles. The molecule has 1 amide bonds. The summed E-state index contributed by atoms with van der Waals surface area (Å²) in [4.78, 5) is 24.2. The Morgan fingerprint density at radius 2 is 2.05 bits per heavy atom. The van der Waals surface area contributed by atoms with E-state index in [0.29, 0.717) is 6.61 Å². The monoisotopic (exact) mass is 290 g/mol. The summed E-state index contributed by atoms with van der Waals surface area (Å²) in [6, 6.07) is -2.34. The van der Waals surface area contributed by atoms with Crippen molar-refractivity contribution >= 4 is 12.1 Å². The van der Waals surface area contributed by atoms with Gasteiger partial charge < -0.3 is 25.4 Å². The zero-order chi connectivity index (χ0) is 15.5. The number of hydrogen-bond acceptors (Lipinski definition) is 6. The molecule has 1 aliphatic heterocycles. The van der Waals surface area contributed by atoms with Crippen molar-refractivity contribution in [3.63, 3.8) is 0 Å². The van der Waals surface area contributed by atoms with Crippen molar-refractivity contribution in [1.29, 1.82) is 0 Å². The fourth-order valence-electron chi connectivity index (χ4n) is 1.84. The molecular formula is C12H22N2O6. The molecule has 116 valence electrons. The number of carboxylic acids is 1. The molecule has 3 atom stereocenters. The van der Waals surface area contributed by atoms with Crippen molar-refractivity contribution in [3.05, 3.63) is 0 Å². The lowest BCUT2D eigenvalue weighted by Gasteiger charge is -2.39. The number of nitrogens with two attached hydrogens (primary N) is 1. The normalized spacial score (nSPS) is 23.1. The largest absolute Gasteiger partial charge is 0.480 e. The predicted octanol–water partition coefficient (Wildman–Crippen LogP) is -0.605. The van der Waals surface area contributed by atoms with E-state index in [4.69, 9.17) is 20.3 Å². The molecule has 0 aromatic rings. The first-order valence-corrected chi connectivity index (χ1v) is 6.37. The van der Waals surface area contributed by atoms with Gasteiger partial charge in [-0.1, -0.05) is 0 Å². The van der Waals surface area contributed by atoms with E-state index in [1.165, 1.54) is 4.90 Å². The van der Waals surface area contributed by atoms with E-state index in [9.17, 15) is 14.7 Å². The Labute approximate surface area is 117 Å². The Bertz CT molecular complexity index is 367. The molecule has 0 spiro atoms. The number of carboxylic acid groups (broad SMARTS) is 1. The average molecular weight is 290 g/mol. The molecule has 1 heterocycles. The van der Waals surface area contributed by atoms with E-state index in [1.807, 2.05) is 0 Å². The van der Waals surface area contributed by atoms with E-state index < -0.39 is 35.9 Å². The smallest absolute Gasteiger partial charge is 0.410 e. The highest BCUT2D eigenvalue weighted by Crippen LogP contribution is 2.17. The van der Waals surface area contributed by atoms with Crippen LogP contribution in [0.5, 0.6) is 0 Å². The Hall–Kier alpha value is -1.38. The fraction of sp³-hybridized carbons (Fsp3) is 0.833. The van der Waals surface area contributed by atoms with Gasteiger partial charge in [0.05, 0.1) is 19.3 Å². The molecule has 1 rings (SSSR count). The van der Waals surface area contributed by atoms with Gasteiger partial charge in [0.1, 0.15) is 17.7 Å². The molecule has 0 radical (unpaired) electrons. The van der Waals surface area contributed by atoms with Crippen LogP contribution in [0, 0.1) is 0 Å². The lowest BCUT2D eigenvalue weighted by Crippen LogP contribution is -2.60. The van der Waals surface area contributed by atoms with Crippen LogP contribution in [0.25, 0.3) is 0 Å². The minimum atomic E-state index is -1.49. The van der Waals surface area contributed by atoms with Crippen molar-refractivity contribution in [2.24, 2.45) is 5.73 Å². The molecule has 20 heavy (non-hydrogen) atoms. The molecule has 1 saturated heterocycles. The summed E-state index contributed by atoms with van der Waals surface area (Å²) in [5, 5.41) is 18.8. The minimum Gasteiger partial charge on any atom is -0.480 e. The lowest BCUT2D eigenvalue weighted by molar-refractivity contribution is -0.144. The molecule has 0 aromatic carbocycles. The SMILES string of the molecule is CC(C)(C)OC(=O)N1CCOCC1C(O)C(N)C(=O)O. The first-order valence-electron chi connectivity index (χ1n) is 6.37. The van der Waals surface area contributed by atoms with Crippen molar-refractivity contribution in [2.45, 2.75) is 44.6 Å². The van der Waals surface area contributed by atoms with Crippen molar-refractivity contribution in [1.82, 2.24) is 4.90 Å². The van der Waals surface area contributed by atoms with Gasteiger partial charge in [-0.05, 0) is 20.8 Å². The summed E-state index contributed by atoms with van der Waals surface area (Å²) in [6.45, 7) is 5.69. The maximum Gasteiger partial charge on any atom is 0.410 e. The summed E-state index contributed by atoms with van der Waals surface area (Å²) in [5.41, 5.74) is 4.72.